The van der Waals surface area contributed by atoms with Crippen LogP contribution >= 0.6 is 0 Å². The van der Waals surface area contributed by atoms with Gasteiger partial charge in [-0.15, -0.1) is 0 Å². The quantitative estimate of drug-likeness (QED) is 0.518. The fraction of sp³-hybridized carbons (Fsp3) is 0.391. The van der Waals surface area contributed by atoms with Crippen molar-refractivity contribution in [2.24, 2.45) is 0 Å². The minimum Gasteiger partial charge on any atom is -0.482 e. The summed E-state index contributed by atoms with van der Waals surface area (Å²) in [4.78, 5) is 24.2. The Hall–Kier alpha value is -2.62. The second-order valence-electron chi connectivity index (χ2n) is 7.74. The third kappa shape index (κ3) is 6.89. The standard InChI is InChI=1S/C23H28O4/c1-16-9-10-18(13-17(16)2)11-12-21(24)19-7-6-8-20(14-19)26-15-22(25)27-23(3,4)5/h6-10,13-14H,11-12,15H2,1-5H3. The number of hydrogen-bond acceptors (Lipinski definition) is 4. The highest BCUT2D eigenvalue weighted by Crippen LogP contribution is 2.17. The molecule has 27 heavy (non-hydrogen) atoms. The largest absolute Gasteiger partial charge is 0.482 e. The third-order valence-corrected chi connectivity index (χ3v) is 4.14. The zero-order valence-electron chi connectivity index (χ0n) is 16.8. The van der Waals surface area contributed by atoms with E-state index < -0.39 is 11.6 Å². The maximum atomic E-state index is 12.5. The molecule has 0 spiro atoms. The molecule has 2 aromatic carbocycles. The number of Topliss-reactive ketones (excluding diaryl/α,β-unsaturated/α-hetero) is 1. The molecule has 0 aliphatic carbocycles. The van der Waals surface area contributed by atoms with Gasteiger partial charge in [-0.2, -0.15) is 0 Å². The number of ether oxygens (including phenoxy) is 2. The first-order chi connectivity index (χ1) is 12.6. The second-order valence-corrected chi connectivity index (χ2v) is 7.74. The maximum absolute atomic E-state index is 12.5. The molecule has 4 nitrogen and oxygen atoms in total. The van der Waals surface area contributed by atoms with E-state index in [0.717, 1.165) is 5.56 Å². The lowest BCUT2D eigenvalue weighted by atomic mass is 10.00. The van der Waals surface area contributed by atoms with Gasteiger partial charge in [-0.1, -0.05) is 30.3 Å². The zero-order chi connectivity index (χ0) is 20.0. The lowest BCUT2D eigenvalue weighted by Crippen LogP contribution is -2.27. The molecule has 0 saturated carbocycles. The molecule has 4 heteroatoms. The summed E-state index contributed by atoms with van der Waals surface area (Å²) in [7, 11) is 0. The summed E-state index contributed by atoms with van der Waals surface area (Å²) < 4.78 is 10.7. The first-order valence-corrected chi connectivity index (χ1v) is 9.18. The number of hydrogen-bond donors (Lipinski definition) is 0. The van der Waals surface area contributed by atoms with Crippen LogP contribution in [0.5, 0.6) is 5.75 Å². The number of benzene rings is 2. The van der Waals surface area contributed by atoms with Crippen molar-refractivity contribution < 1.29 is 19.1 Å². The fourth-order valence-corrected chi connectivity index (χ4v) is 2.63. The van der Waals surface area contributed by atoms with E-state index in [0.29, 0.717) is 24.2 Å². The van der Waals surface area contributed by atoms with Crippen molar-refractivity contribution in [3.8, 4) is 5.75 Å². The van der Waals surface area contributed by atoms with E-state index >= 15 is 0 Å². The average molecular weight is 368 g/mol. The van der Waals surface area contributed by atoms with Crippen LogP contribution < -0.4 is 4.74 Å². The number of esters is 1. The van der Waals surface area contributed by atoms with E-state index in [1.807, 2.05) is 0 Å². The van der Waals surface area contributed by atoms with E-state index in [2.05, 4.69) is 32.0 Å². The average Bonchev–Trinajstić information content (AvgIpc) is 2.59. The van der Waals surface area contributed by atoms with Crippen LogP contribution in [-0.2, 0) is 16.0 Å². The van der Waals surface area contributed by atoms with Crippen molar-refractivity contribution >= 4 is 11.8 Å². The number of aryl methyl sites for hydroxylation is 3. The first kappa shape index (κ1) is 20.7. The molecule has 0 unspecified atom stereocenters. The Morgan fingerprint density at radius 2 is 1.70 bits per heavy atom. The number of carbonyl (C=O) groups excluding carboxylic acids is 2. The van der Waals surface area contributed by atoms with Crippen LogP contribution in [0.25, 0.3) is 0 Å². The molecular weight excluding hydrogens is 340 g/mol. The molecule has 2 rings (SSSR count). The minimum absolute atomic E-state index is 0.0518. The van der Waals surface area contributed by atoms with Crippen LogP contribution in [0.3, 0.4) is 0 Å². The van der Waals surface area contributed by atoms with Gasteiger partial charge in [-0.3, -0.25) is 4.79 Å². The van der Waals surface area contributed by atoms with Gasteiger partial charge in [0.25, 0.3) is 0 Å². The van der Waals surface area contributed by atoms with E-state index in [1.54, 1.807) is 45.0 Å². The van der Waals surface area contributed by atoms with Crippen molar-refractivity contribution in [2.75, 3.05) is 6.61 Å². The SMILES string of the molecule is Cc1ccc(CCC(=O)c2cccc(OCC(=O)OC(C)(C)C)c2)cc1C. The summed E-state index contributed by atoms with van der Waals surface area (Å²) in [5, 5.41) is 0. The summed E-state index contributed by atoms with van der Waals surface area (Å²) in [6, 6.07) is 13.2. The molecular formula is C23H28O4. The number of rotatable bonds is 7. The lowest BCUT2D eigenvalue weighted by Gasteiger charge is -2.19. The molecule has 0 amide bonds. The van der Waals surface area contributed by atoms with Gasteiger partial charge < -0.3 is 9.47 Å². The zero-order valence-corrected chi connectivity index (χ0v) is 16.8. The van der Waals surface area contributed by atoms with Crippen LogP contribution in [0.15, 0.2) is 42.5 Å². The molecule has 0 aromatic heterocycles. The molecule has 0 atom stereocenters. The Labute approximate surface area is 161 Å². The fourth-order valence-electron chi connectivity index (χ4n) is 2.63. The van der Waals surface area contributed by atoms with Gasteiger partial charge in [-0.25, -0.2) is 4.79 Å². The third-order valence-electron chi connectivity index (χ3n) is 4.14. The van der Waals surface area contributed by atoms with Crippen molar-refractivity contribution in [2.45, 2.75) is 53.1 Å². The Morgan fingerprint density at radius 3 is 2.37 bits per heavy atom. The van der Waals surface area contributed by atoms with Gasteiger partial charge in [0, 0.05) is 12.0 Å². The van der Waals surface area contributed by atoms with Gasteiger partial charge in [0.1, 0.15) is 11.4 Å². The molecule has 0 saturated heterocycles. The van der Waals surface area contributed by atoms with E-state index in [4.69, 9.17) is 9.47 Å². The van der Waals surface area contributed by atoms with E-state index in [9.17, 15) is 9.59 Å². The van der Waals surface area contributed by atoms with E-state index in [1.165, 1.54) is 11.1 Å². The topological polar surface area (TPSA) is 52.6 Å². The summed E-state index contributed by atoms with van der Waals surface area (Å²) in [6.45, 7) is 9.38. The Morgan fingerprint density at radius 1 is 0.963 bits per heavy atom. The Bertz CT molecular complexity index is 815. The summed E-state index contributed by atoms with van der Waals surface area (Å²) in [5.41, 5.74) is 3.67. The van der Waals surface area contributed by atoms with Crippen LogP contribution in [0, 0.1) is 13.8 Å². The summed E-state index contributed by atoms with van der Waals surface area (Å²) in [6.07, 6.45) is 1.13. The van der Waals surface area contributed by atoms with E-state index in [-0.39, 0.29) is 12.4 Å². The Balaban J connectivity index is 1.92. The highest BCUT2D eigenvalue weighted by atomic mass is 16.6. The van der Waals surface area contributed by atoms with Crippen LogP contribution in [0.2, 0.25) is 0 Å². The monoisotopic (exact) mass is 368 g/mol. The van der Waals surface area contributed by atoms with Gasteiger partial charge in [-0.05, 0) is 69.9 Å². The Kier molecular flexibility index (Phi) is 6.78. The van der Waals surface area contributed by atoms with Crippen molar-refractivity contribution in [3.05, 3.63) is 64.7 Å². The second kappa shape index (κ2) is 8.85. The highest BCUT2D eigenvalue weighted by molar-refractivity contribution is 5.96. The van der Waals surface area contributed by atoms with Crippen LogP contribution in [0.1, 0.15) is 54.2 Å². The number of ketones is 1. The van der Waals surface area contributed by atoms with Crippen molar-refractivity contribution in [1.82, 2.24) is 0 Å². The summed E-state index contributed by atoms with van der Waals surface area (Å²) >= 11 is 0. The smallest absolute Gasteiger partial charge is 0.344 e. The predicted octanol–water partition coefficient (Wildman–Crippen LogP) is 4.84. The van der Waals surface area contributed by atoms with Gasteiger partial charge in [0.15, 0.2) is 12.4 Å². The first-order valence-electron chi connectivity index (χ1n) is 9.18. The van der Waals surface area contributed by atoms with Crippen LogP contribution in [0.4, 0.5) is 0 Å². The molecule has 0 heterocycles. The molecule has 144 valence electrons. The molecule has 2 aromatic rings. The molecule has 0 N–H and O–H groups in total. The van der Waals surface area contributed by atoms with Gasteiger partial charge in [0.2, 0.25) is 0 Å². The maximum Gasteiger partial charge on any atom is 0.344 e. The minimum atomic E-state index is -0.549. The predicted molar refractivity (Wildman–Crippen MR) is 106 cm³/mol. The molecule has 0 aliphatic heterocycles. The highest BCUT2D eigenvalue weighted by Gasteiger charge is 2.17. The van der Waals surface area contributed by atoms with Crippen molar-refractivity contribution in [3.63, 3.8) is 0 Å². The van der Waals surface area contributed by atoms with Crippen LogP contribution in [-0.4, -0.2) is 24.0 Å². The van der Waals surface area contributed by atoms with Gasteiger partial charge >= 0.3 is 5.97 Å². The normalized spacial score (nSPS) is 11.1. The molecule has 0 fully saturated rings. The molecule has 0 aliphatic rings. The summed E-state index contributed by atoms with van der Waals surface area (Å²) in [5.74, 6) is 0.0998. The number of carbonyl (C=O) groups is 2. The lowest BCUT2D eigenvalue weighted by molar-refractivity contribution is -0.157. The van der Waals surface area contributed by atoms with Gasteiger partial charge in [0.05, 0.1) is 0 Å². The molecule has 0 radical (unpaired) electrons. The molecule has 0 bridgehead atoms. The van der Waals surface area contributed by atoms with Crippen molar-refractivity contribution in [1.29, 1.82) is 0 Å².